The van der Waals surface area contributed by atoms with Gasteiger partial charge in [0.1, 0.15) is 40.8 Å². The summed E-state index contributed by atoms with van der Waals surface area (Å²) >= 11 is 6.98. The lowest BCUT2D eigenvalue weighted by atomic mass is 9.84. The van der Waals surface area contributed by atoms with Crippen molar-refractivity contribution in [3.63, 3.8) is 0 Å². The minimum absolute atomic E-state index is 0.220. The summed E-state index contributed by atoms with van der Waals surface area (Å²) in [4.78, 5) is 30.0. The molecule has 5 heterocycles. The van der Waals surface area contributed by atoms with Crippen molar-refractivity contribution >= 4 is 54.2 Å². The van der Waals surface area contributed by atoms with Crippen molar-refractivity contribution in [1.82, 2.24) is 39.7 Å². The van der Waals surface area contributed by atoms with Gasteiger partial charge in [0.15, 0.2) is 17.5 Å². The summed E-state index contributed by atoms with van der Waals surface area (Å²) in [6.45, 7) is 3.50. The molecule has 0 radical (unpaired) electrons. The van der Waals surface area contributed by atoms with Crippen molar-refractivity contribution in [2.45, 2.75) is 56.4 Å². The van der Waals surface area contributed by atoms with E-state index >= 15 is 0 Å². The van der Waals surface area contributed by atoms with E-state index in [2.05, 4.69) is 61.6 Å². The second-order valence-corrected chi connectivity index (χ2v) is 16.9. The van der Waals surface area contributed by atoms with E-state index in [1.165, 1.54) is 12.8 Å². The van der Waals surface area contributed by atoms with Crippen LogP contribution in [0.1, 0.15) is 44.1 Å². The zero-order chi connectivity index (χ0) is 38.8. The topological polar surface area (TPSA) is 128 Å². The highest BCUT2D eigenvalue weighted by Gasteiger charge is 2.37. The molecule has 13 heteroatoms. The third-order valence-electron chi connectivity index (χ3n) is 11.3. The largest absolute Gasteiger partial charge is 0.492 e. The van der Waals surface area contributed by atoms with Gasteiger partial charge in [0, 0.05) is 64.7 Å². The maximum Gasteiger partial charge on any atom is 0.165 e. The lowest BCUT2D eigenvalue weighted by molar-refractivity contribution is -0.0634. The van der Waals surface area contributed by atoms with Crippen molar-refractivity contribution in [2.75, 3.05) is 32.8 Å². The van der Waals surface area contributed by atoms with E-state index < -0.39 is 5.60 Å². The number of nitrogens with zero attached hydrogens (tertiary/aromatic N) is 6. The number of piperidine rings is 1. The van der Waals surface area contributed by atoms with E-state index in [4.69, 9.17) is 19.4 Å². The average Bonchev–Trinajstić information content (AvgIpc) is 4.02. The Kier molecular flexibility index (Phi) is 11.1. The molecule has 11 nitrogen and oxygen atoms in total. The monoisotopic (exact) mass is 890 g/mol. The van der Waals surface area contributed by atoms with Gasteiger partial charge in [-0.3, -0.25) is 9.80 Å². The van der Waals surface area contributed by atoms with E-state index in [0.717, 1.165) is 97.0 Å². The number of halogens is 2. The number of pyridine rings is 2. The van der Waals surface area contributed by atoms with Crippen LogP contribution in [-0.4, -0.2) is 89.9 Å². The number of benzene rings is 3. The lowest BCUT2D eigenvalue weighted by Gasteiger charge is -2.42. The standard InChI is InChI=1S/C44H44Br2N8O3/c45-32-24-37-42(47-26-32)51-40(49-37)29-10-14-35(15-11-29)56-23-22-54(34-8-4-5-9-34)39(28-53-20-18-44(55,19-21-53)31-6-2-1-3-7-31)57-36-16-12-30(13-17-36)41-50-38-25-33(46)27-48-43(38)52-41/h1-3,6-7,10-17,24-27,34,39,55H,4-5,8-9,18-23,28H2,(H,47,49,51)(H,48,50,52). The summed E-state index contributed by atoms with van der Waals surface area (Å²) < 4.78 is 15.2. The Hall–Kier alpha value is -4.66. The predicted octanol–water partition coefficient (Wildman–Crippen LogP) is 9.10. The Balaban J connectivity index is 0.921. The van der Waals surface area contributed by atoms with Gasteiger partial charge in [0.25, 0.3) is 0 Å². The second kappa shape index (κ2) is 16.7. The Labute approximate surface area is 348 Å². The maximum atomic E-state index is 11.6. The van der Waals surface area contributed by atoms with Crippen molar-refractivity contribution < 1.29 is 14.6 Å². The Bertz CT molecular complexity index is 2430. The molecule has 1 aliphatic heterocycles. The first-order valence-corrected chi connectivity index (χ1v) is 21.2. The van der Waals surface area contributed by atoms with E-state index in [-0.39, 0.29) is 6.23 Å². The van der Waals surface area contributed by atoms with Crippen LogP contribution in [-0.2, 0) is 5.60 Å². The van der Waals surface area contributed by atoms with E-state index in [9.17, 15) is 5.11 Å². The number of aromatic amines is 2. The summed E-state index contributed by atoms with van der Waals surface area (Å²) in [7, 11) is 0. The zero-order valence-corrected chi connectivity index (χ0v) is 34.6. The van der Waals surface area contributed by atoms with Crippen LogP contribution < -0.4 is 9.47 Å². The lowest BCUT2D eigenvalue weighted by Crippen LogP contribution is -2.54. The predicted molar refractivity (Wildman–Crippen MR) is 229 cm³/mol. The first-order valence-electron chi connectivity index (χ1n) is 19.6. The highest BCUT2D eigenvalue weighted by atomic mass is 79.9. The van der Waals surface area contributed by atoms with Gasteiger partial charge in [-0.1, -0.05) is 43.2 Å². The quantitative estimate of drug-likeness (QED) is 0.0972. The number of nitrogens with one attached hydrogen (secondary N) is 2. The minimum atomic E-state index is -0.820. The van der Waals surface area contributed by atoms with E-state index in [0.29, 0.717) is 38.6 Å². The number of likely N-dealkylation sites (tertiary alicyclic amines) is 1. The third-order valence-corrected chi connectivity index (χ3v) is 12.2. The summed E-state index contributed by atoms with van der Waals surface area (Å²) in [5.41, 5.74) is 5.22. The normalized spacial score (nSPS) is 16.8. The molecule has 7 aromatic rings. The number of fused-ring (bicyclic) bond motifs is 2. The molecular weight excluding hydrogens is 848 g/mol. The summed E-state index contributed by atoms with van der Waals surface area (Å²) in [6.07, 6.45) is 9.32. The zero-order valence-electron chi connectivity index (χ0n) is 31.5. The molecule has 1 saturated heterocycles. The number of aliphatic hydroxyl groups is 1. The molecule has 2 fully saturated rings. The summed E-state index contributed by atoms with van der Waals surface area (Å²) in [5, 5.41) is 11.6. The molecule has 1 unspecified atom stereocenters. The van der Waals surface area contributed by atoms with Crippen molar-refractivity contribution in [3.8, 4) is 34.3 Å². The second-order valence-electron chi connectivity index (χ2n) is 15.1. The van der Waals surface area contributed by atoms with Crippen LogP contribution in [0.3, 0.4) is 0 Å². The van der Waals surface area contributed by atoms with Crippen LogP contribution in [0.2, 0.25) is 0 Å². The fourth-order valence-electron chi connectivity index (χ4n) is 8.21. The highest BCUT2D eigenvalue weighted by Crippen LogP contribution is 2.34. The molecule has 1 saturated carbocycles. The van der Waals surface area contributed by atoms with Gasteiger partial charge < -0.3 is 24.5 Å². The fourth-order valence-corrected chi connectivity index (χ4v) is 8.85. The van der Waals surface area contributed by atoms with Crippen LogP contribution in [0.15, 0.2) is 112 Å². The molecule has 3 aromatic carbocycles. The number of aromatic nitrogens is 6. The number of imidazole rings is 2. The molecule has 4 aromatic heterocycles. The van der Waals surface area contributed by atoms with Gasteiger partial charge in [-0.15, -0.1) is 0 Å². The smallest absolute Gasteiger partial charge is 0.165 e. The van der Waals surface area contributed by atoms with Crippen molar-refractivity contribution in [1.29, 1.82) is 0 Å². The molecule has 292 valence electrons. The van der Waals surface area contributed by atoms with Crippen molar-refractivity contribution in [3.05, 3.63) is 118 Å². The molecule has 9 rings (SSSR count). The SMILES string of the molecule is OC1(c2ccccc2)CCN(CC(Oc2ccc(-c3nc4cc(Br)cnc4[nH]3)cc2)N(CCOc2ccc(-c3nc4cc(Br)cnc4[nH]3)cc2)C2CCCC2)CC1. The first-order chi connectivity index (χ1) is 27.8. The minimum Gasteiger partial charge on any atom is -0.492 e. The number of H-pyrrole nitrogens is 2. The Morgan fingerprint density at radius 3 is 1.91 bits per heavy atom. The molecular formula is C44H44Br2N8O3. The van der Waals surface area contributed by atoms with Crippen LogP contribution in [0, 0.1) is 0 Å². The van der Waals surface area contributed by atoms with Crippen LogP contribution in [0.5, 0.6) is 11.5 Å². The van der Waals surface area contributed by atoms with Gasteiger partial charge in [-0.05, 0) is 124 Å². The highest BCUT2D eigenvalue weighted by molar-refractivity contribution is 9.10. The van der Waals surface area contributed by atoms with Crippen LogP contribution >= 0.6 is 31.9 Å². The maximum absolute atomic E-state index is 11.6. The van der Waals surface area contributed by atoms with Gasteiger partial charge in [0.2, 0.25) is 0 Å². The van der Waals surface area contributed by atoms with Crippen LogP contribution in [0.25, 0.3) is 45.1 Å². The number of ether oxygens (including phenoxy) is 2. The number of rotatable bonds is 13. The third kappa shape index (κ3) is 8.63. The molecule has 1 aliphatic carbocycles. The summed E-state index contributed by atoms with van der Waals surface area (Å²) in [5.74, 6) is 3.13. The molecule has 0 amide bonds. The molecule has 1 atom stereocenters. The van der Waals surface area contributed by atoms with Gasteiger partial charge >= 0.3 is 0 Å². The van der Waals surface area contributed by atoms with E-state index in [1.54, 1.807) is 12.4 Å². The van der Waals surface area contributed by atoms with Crippen molar-refractivity contribution in [2.24, 2.45) is 0 Å². The van der Waals surface area contributed by atoms with Crippen LogP contribution in [0.4, 0.5) is 0 Å². The summed E-state index contributed by atoms with van der Waals surface area (Å²) in [6, 6.07) is 30.6. The molecule has 3 N–H and O–H groups in total. The number of hydrogen-bond donors (Lipinski definition) is 3. The van der Waals surface area contributed by atoms with Gasteiger partial charge in [-0.2, -0.15) is 0 Å². The number of hydrogen-bond acceptors (Lipinski definition) is 9. The average molecular weight is 893 g/mol. The van der Waals surface area contributed by atoms with Gasteiger partial charge in [-0.25, -0.2) is 19.9 Å². The van der Waals surface area contributed by atoms with E-state index in [1.807, 2.05) is 91.0 Å². The molecule has 57 heavy (non-hydrogen) atoms. The fraction of sp³-hybridized carbons (Fsp3) is 0.318. The Morgan fingerprint density at radius 1 is 0.772 bits per heavy atom. The first kappa shape index (κ1) is 37.9. The molecule has 0 spiro atoms. The Morgan fingerprint density at radius 2 is 1.33 bits per heavy atom. The van der Waals surface area contributed by atoms with Gasteiger partial charge in [0.05, 0.1) is 5.60 Å². The molecule has 0 bridgehead atoms. The molecule has 2 aliphatic rings.